The molecule has 0 amide bonds. The van der Waals surface area contributed by atoms with Gasteiger partial charge in [0.15, 0.2) is 5.78 Å². The van der Waals surface area contributed by atoms with Gasteiger partial charge in [-0.3, -0.25) is 4.79 Å². The Hall–Kier alpha value is -0.960. The molecule has 2 rings (SSSR count). The zero-order valence-electron chi connectivity index (χ0n) is 12.3. The Morgan fingerprint density at radius 1 is 1.19 bits per heavy atom. The van der Waals surface area contributed by atoms with Gasteiger partial charge in [-0.1, -0.05) is 40.9 Å². The summed E-state index contributed by atoms with van der Waals surface area (Å²) in [7, 11) is 1.94. The molecule has 1 aliphatic rings. The van der Waals surface area contributed by atoms with Crippen molar-refractivity contribution in [2.75, 3.05) is 7.05 Å². The molecule has 1 aliphatic heterocycles. The number of rotatable bonds is 2. The predicted octanol–water partition coefficient (Wildman–Crippen LogP) is 5.44. The van der Waals surface area contributed by atoms with Gasteiger partial charge in [-0.25, -0.2) is 0 Å². The fourth-order valence-electron chi connectivity index (χ4n) is 2.63. The van der Waals surface area contributed by atoms with E-state index in [1.54, 1.807) is 19.1 Å². The maximum Gasteiger partial charge on any atom is 0.158 e. The standard InChI is InChI=1S/C16H16Cl3NO/c1-8-5-12(15(10(3)21)9(2)20(8)4)13-6-11(17)7-14(18)16(13)19/h5-7,12H,1-4H3. The zero-order chi connectivity index (χ0) is 15.9. The largest absolute Gasteiger partial charge is 0.352 e. The van der Waals surface area contributed by atoms with Crippen molar-refractivity contribution in [2.45, 2.75) is 26.7 Å². The van der Waals surface area contributed by atoms with E-state index < -0.39 is 0 Å². The van der Waals surface area contributed by atoms with E-state index in [0.29, 0.717) is 20.6 Å². The Kier molecular flexibility index (Phi) is 4.72. The van der Waals surface area contributed by atoms with Crippen LogP contribution in [0.25, 0.3) is 0 Å². The number of hydrogen-bond acceptors (Lipinski definition) is 2. The number of allylic oxidation sites excluding steroid dienone is 4. The fraction of sp³-hybridized carbons (Fsp3) is 0.312. The Balaban J connectivity index is 2.69. The molecule has 0 N–H and O–H groups in total. The molecule has 0 saturated carbocycles. The van der Waals surface area contributed by atoms with Crippen molar-refractivity contribution in [1.82, 2.24) is 4.90 Å². The molecule has 0 radical (unpaired) electrons. The lowest BCUT2D eigenvalue weighted by Crippen LogP contribution is -2.25. The van der Waals surface area contributed by atoms with Crippen LogP contribution in [0.1, 0.15) is 32.3 Å². The third-order valence-electron chi connectivity index (χ3n) is 3.88. The Labute approximate surface area is 140 Å². The van der Waals surface area contributed by atoms with E-state index in [9.17, 15) is 4.79 Å². The second-order valence-electron chi connectivity index (χ2n) is 5.19. The average Bonchev–Trinajstić information content (AvgIpc) is 2.39. The molecule has 1 aromatic carbocycles. The van der Waals surface area contributed by atoms with Crippen LogP contribution in [0.5, 0.6) is 0 Å². The maximum absolute atomic E-state index is 12.1. The summed E-state index contributed by atoms with van der Waals surface area (Å²) in [5.41, 5.74) is 3.43. The average molecular weight is 345 g/mol. The predicted molar refractivity (Wildman–Crippen MR) is 89.1 cm³/mol. The van der Waals surface area contributed by atoms with Crippen molar-refractivity contribution < 1.29 is 4.79 Å². The summed E-state index contributed by atoms with van der Waals surface area (Å²) in [5.74, 6) is -0.220. The maximum atomic E-state index is 12.1. The molecule has 1 aromatic rings. The number of carbonyl (C=O) groups excluding carboxylic acids is 1. The highest BCUT2D eigenvalue weighted by molar-refractivity contribution is 6.43. The second-order valence-corrected chi connectivity index (χ2v) is 6.41. The van der Waals surface area contributed by atoms with Crippen molar-refractivity contribution in [2.24, 2.45) is 0 Å². The first-order valence-electron chi connectivity index (χ1n) is 6.52. The van der Waals surface area contributed by atoms with Crippen molar-refractivity contribution in [3.8, 4) is 0 Å². The highest BCUT2D eigenvalue weighted by atomic mass is 35.5. The van der Waals surface area contributed by atoms with Crippen LogP contribution >= 0.6 is 34.8 Å². The molecule has 0 bridgehead atoms. The van der Waals surface area contributed by atoms with E-state index in [1.165, 1.54) is 0 Å². The molecule has 5 heteroatoms. The van der Waals surface area contributed by atoms with Gasteiger partial charge in [-0.2, -0.15) is 0 Å². The molecular weight excluding hydrogens is 329 g/mol. The van der Waals surface area contributed by atoms with Crippen molar-refractivity contribution >= 4 is 40.6 Å². The van der Waals surface area contributed by atoms with Crippen LogP contribution in [0.4, 0.5) is 0 Å². The van der Waals surface area contributed by atoms with Gasteiger partial charge in [0.1, 0.15) is 0 Å². The molecular formula is C16H16Cl3NO. The van der Waals surface area contributed by atoms with Crippen molar-refractivity contribution in [1.29, 1.82) is 0 Å². The number of nitrogens with zero attached hydrogens (tertiary/aromatic N) is 1. The molecule has 0 saturated heterocycles. The van der Waals surface area contributed by atoms with Crippen LogP contribution in [-0.4, -0.2) is 17.7 Å². The molecule has 0 fully saturated rings. The normalized spacial score (nSPS) is 18.9. The molecule has 21 heavy (non-hydrogen) atoms. The summed E-state index contributed by atoms with van der Waals surface area (Å²) in [4.78, 5) is 14.1. The third-order valence-corrected chi connectivity index (χ3v) is 4.91. The van der Waals surface area contributed by atoms with Gasteiger partial charge in [-0.05, 0) is 38.5 Å². The number of carbonyl (C=O) groups is 1. The summed E-state index contributed by atoms with van der Waals surface area (Å²) in [6, 6.07) is 3.37. The van der Waals surface area contributed by atoms with Crippen LogP contribution in [0.3, 0.4) is 0 Å². The third kappa shape index (κ3) is 2.98. The van der Waals surface area contributed by atoms with Crippen LogP contribution in [0.2, 0.25) is 15.1 Å². The smallest absolute Gasteiger partial charge is 0.158 e. The summed E-state index contributed by atoms with van der Waals surface area (Å²) in [6.45, 7) is 5.49. The number of ketones is 1. The van der Waals surface area contributed by atoms with E-state index in [2.05, 4.69) is 0 Å². The highest BCUT2D eigenvalue weighted by Crippen LogP contribution is 2.42. The Bertz CT molecular complexity index is 676. The van der Waals surface area contributed by atoms with E-state index in [-0.39, 0.29) is 11.7 Å². The van der Waals surface area contributed by atoms with E-state index >= 15 is 0 Å². The Morgan fingerprint density at radius 2 is 1.81 bits per heavy atom. The first-order chi connectivity index (χ1) is 9.73. The number of halogens is 3. The van der Waals surface area contributed by atoms with Crippen LogP contribution in [0.15, 0.2) is 35.2 Å². The minimum Gasteiger partial charge on any atom is -0.352 e. The van der Waals surface area contributed by atoms with Crippen molar-refractivity contribution in [3.05, 3.63) is 55.8 Å². The highest BCUT2D eigenvalue weighted by Gasteiger charge is 2.29. The first kappa shape index (κ1) is 16.4. The van der Waals surface area contributed by atoms with E-state index in [1.807, 2.05) is 31.9 Å². The molecule has 0 aliphatic carbocycles. The van der Waals surface area contributed by atoms with Gasteiger partial charge in [0.25, 0.3) is 0 Å². The quantitative estimate of drug-likeness (QED) is 0.666. The van der Waals surface area contributed by atoms with Crippen LogP contribution < -0.4 is 0 Å². The lowest BCUT2D eigenvalue weighted by molar-refractivity contribution is -0.113. The van der Waals surface area contributed by atoms with Gasteiger partial charge < -0.3 is 4.90 Å². The first-order valence-corrected chi connectivity index (χ1v) is 7.65. The van der Waals surface area contributed by atoms with E-state index in [4.69, 9.17) is 34.8 Å². The molecule has 0 spiro atoms. The zero-order valence-corrected chi connectivity index (χ0v) is 14.6. The van der Waals surface area contributed by atoms with Crippen LogP contribution in [0, 0.1) is 0 Å². The summed E-state index contributed by atoms with van der Waals surface area (Å²) >= 11 is 18.5. The second kappa shape index (κ2) is 6.04. The minimum absolute atomic E-state index is 0.0141. The van der Waals surface area contributed by atoms with Gasteiger partial charge in [0, 0.05) is 35.0 Å². The molecule has 112 valence electrons. The lowest BCUT2D eigenvalue weighted by Gasteiger charge is -2.32. The monoisotopic (exact) mass is 343 g/mol. The summed E-state index contributed by atoms with van der Waals surface area (Å²) in [5, 5.41) is 1.33. The summed E-state index contributed by atoms with van der Waals surface area (Å²) in [6.07, 6.45) is 2.01. The topological polar surface area (TPSA) is 20.3 Å². The van der Waals surface area contributed by atoms with Gasteiger partial charge in [-0.15, -0.1) is 0 Å². The van der Waals surface area contributed by atoms with Gasteiger partial charge >= 0.3 is 0 Å². The number of hydrogen-bond donors (Lipinski definition) is 0. The molecule has 2 nitrogen and oxygen atoms in total. The summed E-state index contributed by atoms with van der Waals surface area (Å²) < 4.78 is 0. The van der Waals surface area contributed by atoms with Crippen molar-refractivity contribution in [3.63, 3.8) is 0 Å². The van der Waals surface area contributed by atoms with Gasteiger partial charge in [0.05, 0.1) is 10.0 Å². The molecule has 1 atom stereocenters. The van der Waals surface area contributed by atoms with E-state index in [0.717, 1.165) is 17.0 Å². The number of Topliss-reactive ketones (excluding diaryl/α,β-unsaturated/α-hetero) is 1. The molecule has 0 aromatic heterocycles. The van der Waals surface area contributed by atoms with Gasteiger partial charge in [0.2, 0.25) is 0 Å². The molecule has 1 unspecified atom stereocenters. The SMILES string of the molecule is CC(=O)C1=C(C)N(C)C(C)=CC1c1cc(Cl)cc(Cl)c1Cl. The fourth-order valence-corrected chi connectivity index (χ4v) is 3.36. The Morgan fingerprint density at radius 3 is 2.38 bits per heavy atom. The molecule has 1 heterocycles. The number of benzene rings is 1. The lowest BCUT2D eigenvalue weighted by atomic mass is 9.84. The van der Waals surface area contributed by atoms with Crippen LogP contribution in [-0.2, 0) is 4.79 Å². The minimum atomic E-state index is -0.234.